The molecule has 1 amide bonds. The smallest absolute Gasteiger partial charge is 0.258 e. The molecule has 0 radical (unpaired) electrons. The van der Waals surface area contributed by atoms with Crippen LogP contribution in [0.2, 0.25) is 5.02 Å². The number of carbonyl (C=O) groups is 2. The van der Waals surface area contributed by atoms with Crippen molar-refractivity contribution in [3.8, 4) is 5.75 Å². The molecule has 5 rings (SSSR count). The first-order valence-electron chi connectivity index (χ1n) is 9.57. The third kappa shape index (κ3) is 4.03. The predicted molar refractivity (Wildman–Crippen MR) is 109 cm³/mol. The van der Waals surface area contributed by atoms with Crippen LogP contribution in [-0.2, 0) is 4.79 Å². The van der Waals surface area contributed by atoms with Gasteiger partial charge in [-0.25, -0.2) is 9.37 Å². The fraction of sp³-hybridized carbons (Fsp3) is 0.476. The van der Waals surface area contributed by atoms with E-state index in [1.165, 1.54) is 23.5 Å². The summed E-state index contributed by atoms with van der Waals surface area (Å²) in [7, 11) is 0. The zero-order chi connectivity index (χ0) is 20.8. The SMILES string of the molecule is CC(C)c1ncc(C(=O)CC23CC(NC(=O)COc4ccc(Cl)c(F)c4)(C2)C3)s1. The molecule has 1 aromatic carbocycles. The van der Waals surface area contributed by atoms with Crippen molar-refractivity contribution >= 4 is 34.6 Å². The largest absolute Gasteiger partial charge is 0.484 e. The Morgan fingerprint density at radius 1 is 1.34 bits per heavy atom. The van der Waals surface area contributed by atoms with Crippen molar-refractivity contribution in [1.82, 2.24) is 10.3 Å². The molecular weight excluding hydrogens is 415 g/mol. The Labute approximate surface area is 177 Å². The number of ketones is 1. The molecule has 0 aliphatic heterocycles. The Kier molecular flexibility index (Phi) is 5.15. The lowest BCUT2D eigenvalue weighted by atomic mass is 9.38. The second kappa shape index (κ2) is 7.36. The van der Waals surface area contributed by atoms with E-state index in [-0.39, 0.29) is 40.0 Å². The number of carbonyl (C=O) groups excluding carboxylic acids is 2. The van der Waals surface area contributed by atoms with Gasteiger partial charge in [0.1, 0.15) is 11.6 Å². The van der Waals surface area contributed by atoms with Crippen LogP contribution in [0.3, 0.4) is 0 Å². The van der Waals surface area contributed by atoms with Crippen molar-refractivity contribution in [3.05, 3.63) is 45.1 Å². The average Bonchev–Trinajstić information content (AvgIpc) is 3.10. The van der Waals surface area contributed by atoms with E-state index in [1.807, 2.05) is 0 Å². The number of amides is 1. The molecule has 29 heavy (non-hydrogen) atoms. The lowest BCUT2D eigenvalue weighted by molar-refractivity contribution is -0.164. The van der Waals surface area contributed by atoms with E-state index in [4.69, 9.17) is 16.3 Å². The van der Waals surface area contributed by atoms with Crippen LogP contribution >= 0.6 is 22.9 Å². The Morgan fingerprint density at radius 3 is 2.69 bits per heavy atom. The molecule has 154 valence electrons. The number of ether oxygens (including phenoxy) is 1. The molecule has 3 aliphatic carbocycles. The molecule has 3 fully saturated rings. The minimum atomic E-state index is -0.586. The lowest BCUT2D eigenvalue weighted by Gasteiger charge is -2.70. The second-order valence-corrected chi connectivity index (χ2v) is 10.0. The first-order chi connectivity index (χ1) is 13.7. The van der Waals surface area contributed by atoms with Crippen LogP contribution in [0.5, 0.6) is 5.75 Å². The van der Waals surface area contributed by atoms with Crippen molar-refractivity contribution in [2.75, 3.05) is 6.61 Å². The van der Waals surface area contributed by atoms with Crippen molar-refractivity contribution in [2.45, 2.75) is 51.0 Å². The summed E-state index contributed by atoms with van der Waals surface area (Å²) < 4.78 is 18.7. The summed E-state index contributed by atoms with van der Waals surface area (Å²) in [6.07, 6.45) is 4.61. The minimum Gasteiger partial charge on any atom is -0.484 e. The van der Waals surface area contributed by atoms with Gasteiger partial charge >= 0.3 is 0 Å². The molecule has 3 saturated carbocycles. The first kappa shape index (κ1) is 20.3. The predicted octanol–water partition coefficient (Wildman–Crippen LogP) is 4.75. The van der Waals surface area contributed by atoms with Crippen molar-refractivity contribution in [3.63, 3.8) is 0 Å². The van der Waals surface area contributed by atoms with E-state index in [1.54, 1.807) is 6.20 Å². The van der Waals surface area contributed by atoms with E-state index in [0.29, 0.717) is 12.3 Å². The van der Waals surface area contributed by atoms with Crippen LogP contribution < -0.4 is 10.1 Å². The molecule has 1 N–H and O–H groups in total. The topological polar surface area (TPSA) is 68.3 Å². The number of hydrogen-bond acceptors (Lipinski definition) is 5. The van der Waals surface area contributed by atoms with Gasteiger partial charge in [-0.1, -0.05) is 25.4 Å². The summed E-state index contributed by atoms with van der Waals surface area (Å²) >= 11 is 7.10. The maximum atomic E-state index is 13.4. The van der Waals surface area contributed by atoms with Gasteiger partial charge in [-0.2, -0.15) is 0 Å². The van der Waals surface area contributed by atoms with E-state index in [0.717, 1.165) is 35.2 Å². The van der Waals surface area contributed by atoms with Gasteiger partial charge in [0.15, 0.2) is 12.4 Å². The summed E-state index contributed by atoms with van der Waals surface area (Å²) in [5.74, 6) is -0.114. The zero-order valence-corrected chi connectivity index (χ0v) is 17.8. The normalized spacial score (nSPS) is 24.6. The number of thiazole rings is 1. The quantitative estimate of drug-likeness (QED) is 0.606. The molecule has 0 saturated heterocycles. The van der Waals surface area contributed by atoms with Gasteiger partial charge in [-0.05, 0) is 36.8 Å². The Balaban J connectivity index is 1.23. The molecule has 5 nitrogen and oxygen atoms in total. The van der Waals surface area contributed by atoms with E-state index < -0.39 is 5.82 Å². The summed E-state index contributed by atoms with van der Waals surface area (Å²) in [5.41, 5.74) is -0.213. The van der Waals surface area contributed by atoms with Gasteiger partial charge in [-0.3, -0.25) is 9.59 Å². The minimum absolute atomic E-state index is 0.00646. The molecule has 3 aliphatic rings. The van der Waals surface area contributed by atoms with Crippen molar-refractivity contribution in [1.29, 1.82) is 0 Å². The van der Waals surface area contributed by atoms with Crippen LogP contribution in [-0.4, -0.2) is 28.8 Å². The second-order valence-electron chi connectivity index (χ2n) is 8.54. The summed E-state index contributed by atoms with van der Waals surface area (Å²) in [6.45, 7) is 3.94. The van der Waals surface area contributed by atoms with Gasteiger partial charge in [0.2, 0.25) is 0 Å². The van der Waals surface area contributed by atoms with Gasteiger partial charge in [0, 0.05) is 30.1 Å². The van der Waals surface area contributed by atoms with Crippen LogP contribution in [0, 0.1) is 11.2 Å². The van der Waals surface area contributed by atoms with Crippen LogP contribution in [0.25, 0.3) is 0 Å². The molecule has 0 spiro atoms. The molecule has 2 aromatic rings. The van der Waals surface area contributed by atoms with Gasteiger partial charge < -0.3 is 10.1 Å². The van der Waals surface area contributed by atoms with Crippen LogP contribution in [0.15, 0.2) is 24.4 Å². The number of Topliss-reactive ketones (excluding diaryl/α,β-unsaturated/α-hetero) is 1. The number of rotatable bonds is 8. The molecular formula is C21H22ClFN2O3S. The van der Waals surface area contributed by atoms with Crippen molar-refractivity contribution < 1.29 is 18.7 Å². The monoisotopic (exact) mass is 436 g/mol. The number of hydrogen-bond donors (Lipinski definition) is 1. The Morgan fingerprint density at radius 2 is 2.07 bits per heavy atom. The fourth-order valence-electron chi connectivity index (χ4n) is 4.48. The number of aromatic nitrogens is 1. The highest BCUT2D eigenvalue weighted by atomic mass is 35.5. The number of nitrogens with one attached hydrogen (secondary N) is 1. The van der Waals surface area contributed by atoms with E-state index >= 15 is 0 Å². The van der Waals surface area contributed by atoms with Gasteiger partial charge in [-0.15, -0.1) is 11.3 Å². The maximum Gasteiger partial charge on any atom is 0.258 e. The first-order valence-corrected chi connectivity index (χ1v) is 10.8. The zero-order valence-electron chi connectivity index (χ0n) is 16.3. The van der Waals surface area contributed by atoms with Gasteiger partial charge in [0.25, 0.3) is 5.91 Å². The Bertz CT molecular complexity index is 955. The highest BCUT2D eigenvalue weighted by Gasteiger charge is 2.68. The molecule has 2 bridgehead atoms. The maximum absolute atomic E-state index is 13.4. The molecule has 0 atom stereocenters. The fourth-order valence-corrected chi connectivity index (χ4v) is 5.45. The van der Waals surface area contributed by atoms with E-state index in [2.05, 4.69) is 24.1 Å². The van der Waals surface area contributed by atoms with Crippen LogP contribution in [0.1, 0.15) is 60.1 Å². The standard InChI is InChI=1S/C21H22ClFN2O3S/c1-12(2)19-24-7-17(29-19)16(26)6-20-9-21(10-20,11-20)25-18(27)8-28-13-3-4-14(22)15(23)5-13/h3-5,7,12H,6,8-11H2,1-2H3,(H,25,27). The molecule has 1 heterocycles. The van der Waals surface area contributed by atoms with Gasteiger partial charge in [0.05, 0.1) is 14.9 Å². The number of benzene rings is 1. The highest BCUT2D eigenvalue weighted by Crippen LogP contribution is 2.69. The Hall–Kier alpha value is -1.99. The third-order valence-electron chi connectivity index (χ3n) is 5.63. The van der Waals surface area contributed by atoms with Crippen molar-refractivity contribution in [2.24, 2.45) is 5.41 Å². The average molecular weight is 437 g/mol. The summed E-state index contributed by atoms with van der Waals surface area (Å²) in [6, 6.07) is 4.06. The summed E-state index contributed by atoms with van der Waals surface area (Å²) in [5, 5.41) is 4.00. The molecule has 0 unspecified atom stereocenters. The van der Waals surface area contributed by atoms with Crippen LogP contribution in [0.4, 0.5) is 4.39 Å². The highest BCUT2D eigenvalue weighted by molar-refractivity contribution is 7.13. The summed E-state index contributed by atoms with van der Waals surface area (Å²) in [4.78, 5) is 29.8. The lowest BCUT2D eigenvalue weighted by Crippen LogP contribution is -2.75. The molecule has 8 heteroatoms. The van der Waals surface area contributed by atoms with E-state index in [9.17, 15) is 14.0 Å². The molecule has 1 aromatic heterocycles. The third-order valence-corrected chi connectivity index (χ3v) is 7.28. The number of halogens is 2. The number of nitrogens with zero attached hydrogens (tertiary/aromatic N) is 1.